The molecule has 0 spiro atoms. The van der Waals surface area contributed by atoms with Crippen LogP contribution in [0.1, 0.15) is 62.2 Å². The second kappa shape index (κ2) is 14.8. The Morgan fingerprint density at radius 1 is 1.05 bits per heavy atom. The van der Waals surface area contributed by atoms with E-state index in [1.807, 2.05) is 17.0 Å². The highest BCUT2D eigenvalue weighted by Gasteiger charge is 2.30. The maximum atomic E-state index is 13.1. The Kier molecular flexibility index (Phi) is 11.4. The van der Waals surface area contributed by atoms with Gasteiger partial charge in [-0.15, -0.1) is 23.1 Å². The van der Waals surface area contributed by atoms with Crippen molar-refractivity contribution in [3.63, 3.8) is 0 Å². The van der Waals surface area contributed by atoms with Gasteiger partial charge in [0, 0.05) is 60.7 Å². The van der Waals surface area contributed by atoms with Crippen LogP contribution < -0.4 is 4.74 Å². The van der Waals surface area contributed by atoms with E-state index in [2.05, 4.69) is 24.8 Å². The Hall–Kier alpha value is -3.09. The molecule has 1 saturated heterocycles. The molecule has 7 nitrogen and oxygen atoms in total. The summed E-state index contributed by atoms with van der Waals surface area (Å²) >= 11 is 3.13. The number of hydrogen-bond acceptors (Lipinski definition) is 8. The summed E-state index contributed by atoms with van der Waals surface area (Å²) in [6, 6.07) is 11.0. The van der Waals surface area contributed by atoms with Gasteiger partial charge >= 0.3 is 12.1 Å². The first-order valence-electron chi connectivity index (χ1n) is 14.6. The number of thiazole rings is 1. The molecular weight excluding hydrogens is 611 g/mol. The fourth-order valence-electron chi connectivity index (χ4n) is 4.80. The van der Waals surface area contributed by atoms with Crippen LogP contribution in [0.3, 0.4) is 0 Å². The van der Waals surface area contributed by atoms with E-state index in [1.54, 1.807) is 32.5 Å². The van der Waals surface area contributed by atoms with E-state index in [4.69, 9.17) is 14.5 Å². The van der Waals surface area contributed by atoms with Crippen LogP contribution in [0.15, 0.2) is 47.4 Å². The van der Waals surface area contributed by atoms with E-state index in [0.717, 1.165) is 46.3 Å². The number of ether oxygens (including phenoxy) is 2. The molecule has 1 aliphatic rings. The third-order valence-electron chi connectivity index (χ3n) is 7.32. The van der Waals surface area contributed by atoms with Crippen molar-refractivity contribution in [3.05, 3.63) is 64.2 Å². The molecule has 3 aromatic rings. The number of esters is 1. The van der Waals surface area contributed by atoms with E-state index in [0.29, 0.717) is 41.7 Å². The number of benzene rings is 2. The smallest absolute Gasteiger partial charge is 0.416 e. The first-order chi connectivity index (χ1) is 20.8. The molecule has 0 N–H and O–H groups in total. The second-order valence-corrected chi connectivity index (χ2v) is 13.0. The summed E-state index contributed by atoms with van der Waals surface area (Å²) < 4.78 is 50.5. The van der Waals surface area contributed by atoms with Crippen LogP contribution in [0.25, 0.3) is 10.6 Å². The number of alkyl halides is 3. The average molecular weight is 650 g/mol. The van der Waals surface area contributed by atoms with E-state index >= 15 is 0 Å². The van der Waals surface area contributed by atoms with Gasteiger partial charge < -0.3 is 14.4 Å². The molecule has 238 valence electrons. The van der Waals surface area contributed by atoms with Crippen molar-refractivity contribution < 1.29 is 32.2 Å². The Morgan fingerprint density at radius 3 is 2.32 bits per heavy atom. The van der Waals surface area contributed by atoms with Gasteiger partial charge in [0.05, 0.1) is 17.9 Å². The zero-order valence-electron chi connectivity index (χ0n) is 25.6. The van der Waals surface area contributed by atoms with Gasteiger partial charge in [0.25, 0.3) is 0 Å². The van der Waals surface area contributed by atoms with Crippen molar-refractivity contribution in [1.29, 1.82) is 0 Å². The summed E-state index contributed by atoms with van der Waals surface area (Å²) in [4.78, 5) is 34.9. The second-order valence-electron chi connectivity index (χ2n) is 10.9. The fraction of sp³-hybridized carbons (Fsp3) is 0.469. The molecule has 12 heteroatoms. The predicted octanol–water partition coefficient (Wildman–Crippen LogP) is 7.24. The SMILES string of the molecule is CCOC(=O)C(C)Oc1ccc(SCc2sc(-c3ccc(C(F)(F)F)cc3)nc2CN2CCN(C(C)=O)CC2)cc1C(C)C. The molecule has 4 rings (SSSR count). The number of rotatable bonds is 11. The Morgan fingerprint density at radius 2 is 1.73 bits per heavy atom. The standard InChI is InChI=1S/C32H38F3N3O4S2/c1-6-41-31(40)21(4)42-28-12-11-25(17-26(28)20(2)3)43-19-29-27(18-37-13-15-38(16-14-37)22(5)39)36-30(44-29)23-7-9-24(10-8-23)32(33,34)35/h7-12,17,20-21H,6,13-16,18-19H2,1-5H3. The normalized spacial score (nSPS) is 15.0. The molecule has 1 aromatic heterocycles. The van der Waals surface area contributed by atoms with Gasteiger partial charge in [-0.25, -0.2) is 9.78 Å². The van der Waals surface area contributed by atoms with Crippen molar-refractivity contribution in [2.24, 2.45) is 0 Å². The van der Waals surface area contributed by atoms with Gasteiger partial charge in [0.1, 0.15) is 10.8 Å². The maximum Gasteiger partial charge on any atom is 0.416 e. The number of piperazine rings is 1. The molecule has 44 heavy (non-hydrogen) atoms. The third-order valence-corrected chi connectivity index (χ3v) is 9.67. The zero-order valence-corrected chi connectivity index (χ0v) is 27.2. The Bertz CT molecular complexity index is 1440. The minimum absolute atomic E-state index is 0.0625. The van der Waals surface area contributed by atoms with Crippen molar-refractivity contribution >= 4 is 35.0 Å². The van der Waals surface area contributed by atoms with Crippen LogP contribution in [0, 0.1) is 0 Å². The highest BCUT2D eigenvalue weighted by molar-refractivity contribution is 7.98. The lowest BCUT2D eigenvalue weighted by Gasteiger charge is -2.33. The van der Waals surface area contributed by atoms with Crippen molar-refractivity contribution in [2.75, 3.05) is 32.8 Å². The lowest BCUT2D eigenvalue weighted by Crippen LogP contribution is -2.47. The van der Waals surface area contributed by atoms with Gasteiger partial charge in [-0.2, -0.15) is 13.2 Å². The summed E-state index contributed by atoms with van der Waals surface area (Å²) in [6.07, 6.45) is -5.13. The largest absolute Gasteiger partial charge is 0.479 e. The van der Waals surface area contributed by atoms with Gasteiger partial charge in [0.15, 0.2) is 6.10 Å². The molecule has 1 unspecified atom stereocenters. The first kappa shape index (κ1) is 33.8. The van der Waals surface area contributed by atoms with E-state index in [9.17, 15) is 22.8 Å². The van der Waals surface area contributed by atoms with Gasteiger partial charge in [-0.3, -0.25) is 9.69 Å². The lowest BCUT2D eigenvalue weighted by atomic mass is 10.0. The number of halogens is 3. The van der Waals surface area contributed by atoms with Crippen LogP contribution in [0.2, 0.25) is 0 Å². The topological polar surface area (TPSA) is 72.0 Å². The molecule has 0 radical (unpaired) electrons. The molecule has 2 heterocycles. The molecule has 0 aliphatic carbocycles. The summed E-state index contributed by atoms with van der Waals surface area (Å²) in [6.45, 7) is 12.8. The molecule has 1 atom stereocenters. The molecule has 1 aliphatic heterocycles. The van der Waals surface area contributed by atoms with Crippen LogP contribution in [0.4, 0.5) is 13.2 Å². The van der Waals surface area contributed by atoms with E-state index < -0.39 is 23.8 Å². The minimum Gasteiger partial charge on any atom is -0.479 e. The highest BCUT2D eigenvalue weighted by atomic mass is 32.2. The minimum atomic E-state index is -4.40. The van der Waals surface area contributed by atoms with Gasteiger partial charge in [-0.05, 0) is 55.7 Å². The summed E-state index contributed by atoms with van der Waals surface area (Å²) in [7, 11) is 0. The monoisotopic (exact) mass is 649 g/mol. The number of carbonyl (C=O) groups is 2. The fourth-order valence-corrected chi connectivity index (χ4v) is 6.92. The number of aromatic nitrogens is 1. The van der Waals surface area contributed by atoms with Crippen LogP contribution in [-0.4, -0.2) is 65.6 Å². The van der Waals surface area contributed by atoms with Crippen molar-refractivity contribution in [1.82, 2.24) is 14.8 Å². The zero-order chi connectivity index (χ0) is 32.0. The molecule has 0 bridgehead atoms. The summed E-state index contributed by atoms with van der Waals surface area (Å²) in [5.74, 6) is 1.06. The van der Waals surface area contributed by atoms with Gasteiger partial charge in [0.2, 0.25) is 5.91 Å². The molecule has 1 fully saturated rings. The third kappa shape index (κ3) is 8.76. The quantitative estimate of drug-likeness (QED) is 0.160. The Balaban J connectivity index is 1.55. The average Bonchev–Trinajstić information content (AvgIpc) is 3.38. The molecule has 1 amide bonds. The van der Waals surface area contributed by atoms with Crippen LogP contribution in [0.5, 0.6) is 5.75 Å². The van der Waals surface area contributed by atoms with Crippen molar-refractivity contribution in [2.45, 2.75) is 70.0 Å². The van der Waals surface area contributed by atoms with E-state index in [-0.39, 0.29) is 18.4 Å². The molecule has 0 saturated carbocycles. The van der Waals surface area contributed by atoms with Crippen LogP contribution >= 0.6 is 23.1 Å². The van der Waals surface area contributed by atoms with E-state index in [1.165, 1.54) is 23.5 Å². The summed E-state index contributed by atoms with van der Waals surface area (Å²) in [5.41, 5.74) is 1.81. The first-order valence-corrected chi connectivity index (χ1v) is 16.4. The predicted molar refractivity (Wildman–Crippen MR) is 167 cm³/mol. The highest BCUT2D eigenvalue weighted by Crippen LogP contribution is 2.38. The van der Waals surface area contributed by atoms with Crippen LogP contribution in [-0.2, 0) is 32.8 Å². The number of nitrogens with zero attached hydrogens (tertiary/aromatic N) is 3. The molecular formula is C32H38F3N3O4S2. The molecule has 2 aromatic carbocycles. The van der Waals surface area contributed by atoms with Gasteiger partial charge in [-0.1, -0.05) is 26.0 Å². The number of thioether (sulfide) groups is 1. The Labute approximate surface area is 264 Å². The number of carbonyl (C=O) groups excluding carboxylic acids is 2. The maximum absolute atomic E-state index is 13.1. The lowest BCUT2D eigenvalue weighted by molar-refractivity contribution is -0.150. The number of amides is 1. The number of hydrogen-bond donors (Lipinski definition) is 0. The summed E-state index contributed by atoms with van der Waals surface area (Å²) in [5, 5.41) is 0.672. The van der Waals surface area contributed by atoms with Crippen molar-refractivity contribution in [3.8, 4) is 16.3 Å².